The number of rotatable bonds is 3. The molecule has 0 saturated heterocycles. The summed E-state index contributed by atoms with van der Waals surface area (Å²) in [5.41, 5.74) is 0.684. The number of hydrogen-bond donors (Lipinski definition) is 1. The Labute approximate surface area is 131 Å². The van der Waals surface area contributed by atoms with Crippen LogP contribution in [0.1, 0.15) is 51.4 Å². The van der Waals surface area contributed by atoms with Gasteiger partial charge in [-0.15, -0.1) is 0 Å². The van der Waals surface area contributed by atoms with Gasteiger partial charge < -0.3 is 9.52 Å². The van der Waals surface area contributed by atoms with E-state index in [1.807, 2.05) is 24.3 Å². The molecule has 1 unspecified atom stereocenters. The van der Waals surface area contributed by atoms with Gasteiger partial charge in [0.1, 0.15) is 11.9 Å². The van der Waals surface area contributed by atoms with Crippen molar-refractivity contribution in [1.29, 1.82) is 0 Å². The Kier molecular flexibility index (Phi) is 4.28. The number of aliphatic hydroxyl groups excluding tert-OH is 1. The molecule has 1 fully saturated rings. The van der Waals surface area contributed by atoms with Gasteiger partial charge in [0.25, 0.3) is 0 Å². The van der Waals surface area contributed by atoms with E-state index in [1.165, 1.54) is 12.8 Å². The molecule has 3 rings (SSSR count). The molecular formula is C18H23ClO2. The molecule has 21 heavy (non-hydrogen) atoms. The first-order chi connectivity index (χ1) is 10.1. The lowest BCUT2D eigenvalue weighted by Gasteiger charge is -2.32. The topological polar surface area (TPSA) is 33.4 Å². The Morgan fingerprint density at radius 3 is 2.43 bits per heavy atom. The van der Waals surface area contributed by atoms with Gasteiger partial charge in [0.15, 0.2) is 5.58 Å². The number of fused-ring (bicyclic) bond motifs is 1. The van der Waals surface area contributed by atoms with E-state index in [-0.39, 0.29) is 0 Å². The van der Waals surface area contributed by atoms with Crippen molar-refractivity contribution in [1.82, 2.24) is 0 Å². The van der Waals surface area contributed by atoms with Crippen LogP contribution in [-0.4, -0.2) is 5.11 Å². The zero-order chi connectivity index (χ0) is 15.0. The summed E-state index contributed by atoms with van der Waals surface area (Å²) in [6, 6.07) is 7.62. The van der Waals surface area contributed by atoms with Crippen LogP contribution >= 0.6 is 11.6 Å². The van der Waals surface area contributed by atoms with E-state index in [0.29, 0.717) is 22.3 Å². The highest BCUT2D eigenvalue weighted by Crippen LogP contribution is 2.41. The highest BCUT2D eigenvalue weighted by Gasteiger charge is 2.30. The van der Waals surface area contributed by atoms with Gasteiger partial charge in [0.2, 0.25) is 0 Å². The van der Waals surface area contributed by atoms with Gasteiger partial charge in [-0.3, -0.25) is 0 Å². The summed E-state index contributed by atoms with van der Waals surface area (Å²) in [4.78, 5) is 0. The van der Waals surface area contributed by atoms with Crippen LogP contribution < -0.4 is 0 Å². The molecule has 1 aliphatic rings. The van der Waals surface area contributed by atoms with Gasteiger partial charge in [-0.05, 0) is 55.6 Å². The normalized spacial score (nSPS) is 24.6. The zero-order valence-electron chi connectivity index (χ0n) is 12.7. The lowest BCUT2D eigenvalue weighted by Crippen LogP contribution is -2.22. The van der Waals surface area contributed by atoms with Crippen LogP contribution in [0.4, 0.5) is 0 Å². The predicted molar refractivity (Wildman–Crippen MR) is 86.5 cm³/mol. The van der Waals surface area contributed by atoms with Crippen LogP contribution in [-0.2, 0) is 0 Å². The van der Waals surface area contributed by atoms with Crippen molar-refractivity contribution in [2.24, 2.45) is 17.8 Å². The van der Waals surface area contributed by atoms with Crippen LogP contribution in [0.3, 0.4) is 0 Å². The van der Waals surface area contributed by atoms with Crippen molar-refractivity contribution in [2.75, 3.05) is 0 Å². The van der Waals surface area contributed by atoms with Crippen molar-refractivity contribution in [2.45, 2.75) is 45.6 Å². The lowest BCUT2D eigenvalue weighted by molar-refractivity contribution is 0.0515. The fourth-order valence-electron chi connectivity index (χ4n) is 3.55. The highest BCUT2D eigenvalue weighted by atomic mass is 35.5. The van der Waals surface area contributed by atoms with Gasteiger partial charge in [0, 0.05) is 5.39 Å². The molecule has 3 heteroatoms. The second kappa shape index (κ2) is 6.02. The Bertz CT molecular complexity index is 609. The minimum atomic E-state index is -0.512. The molecule has 0 aliphatic heterocycles. The number of para-hydroxylation sites is 1. The summed E-state index contributed by atoms with van der Waals surface area (Å²) < 4.78 is 5.81. The molecule has 1 aromatic heterocycles. The van der Waals surface area contributed by atoms with E-state index in [1.54, 1.807) is 0 Å². The maximum atomic E-state index is 10.6. The second-order valence-corrected chi connectivity index (χ2v) is 7.08. The zero-order valence-corrected chi connectivity index (χ0v) is 13.4. The number of hydrogen-bond acceptors (Lipinski definition) is 2. The first-order valence-corrected chi connectivity index (χ1v) is 8.30. The van der Waals surface area contributed by atoms with Crippen molar-refractivity contribution in [3.05, 3.63) is 35.0 Å². The van der Waals surface area contributed by atoms with Gasteiger partial charge in [-0.2, -0.15) is 0 Å². The lowest BCUT2D eigenvalue weighted by atomic mass is 9.75. The van der Waals surface area contributed by atoms with Gasteiger partial charge in [0.05, 0.1) is 5.02 Å². The molecule has 1 N–H and O–H groups in total. The fourth-order valence-corrected chi connectivity index (χ4v) is 3.77. The number of halogens is 1. The minimum Gasteiger partial charge on any atom is -0.457 e. The van der Waals surface area contributed by atoms with Crippen LogP contribution in [0.15, 0.2) is 28.7 Å². The monoisotopic (exact) mass is 306 g/mol. The largest absolute Gasteiger partial charge is 0.457 e. The quantitative estimate of drug-likeness (QED) is 0.802. The van der Waals surface area contributed by atoms with Crippen LogP contribution in [0.5, 0.6) is 0 Å². The van der Waals surface area contributed by atoms with E-state index in [4.69, 9.17) is 16.0 Å². The molecule has 1 atom stereocenters. The molecular weight excluding hydrogens is 284 g/mol. The standard InChI is InChI=1S/C18H23ClO2/c1-11(2)12-6-8-13(9-7-12)17(20)16-10-14-4-3-5-15(19)18(14)21-16/h3-5,10-13,17,20H,6-9H2,1-2H3. The molecule has 0 radical (unpaired) electrons. The number of benzene rings is 1. The Morgan fingerprint density at radius 1 is 1.14 bits per heavy atom. The van der Waals surface area contributed by atoms with Gasteiger partial charge in [-0.1, -0.05) is 37.6 Å². The SMILES string of the molecule is CC(C)C1CCC(C(O)c2cc3cccc(Cl)c3o2)CC1. The third kappa shape index (κ3) is 2.97. The number of furan rings is 1. The maximum absolute atomic E-state index is 10.6. The second-order valence-electron chi connectivity index (χ2n) is 6.67. The molecule has 0 bridgehead atoms. The molecule has 1 aromatic carbocycles. The summed E-state index contributed by atoms with van der Waals surface area (Å²) in [7, 11) is 0. The molecule has 0 amide bonds. The molecule has 0 spiro atoms. The first-order valence-electron chi connectivity index (χ1n) is 7.92. The van der Waals surface area contributed by atoms with E-state index >= 15 is 0 Å². The summed E-state index contributed by atoms with van der Waals surface area (Å²) >= 11 is 6.14. The Morgan fingerprint density at radius 2 is 1.81 bits per heavy atom. The smallest absolute Gasteiger partial charge is 0.152 e. The van der Waals surface area contributed by atoms with Crippen LogP contribution in [0.25, 0.3) is 11.0 Å². The van der Waals surface area contributed by atoms with Crippen molar-refractivity contribution >= 4 is 22.6 Å². The fraction of sp³-hybridized carbons (Fsp3) is 0.556. The highest BCUT2D eigenvalue weighted by molar-refractivity contribution is 6.34. The summed E-state index contributed by atoms with van der Waals surface area (Å²) in [6.07, 6.45) is 4.06. The van der Waals surface area contributed by atoms with Crippen molar-refractivity contribution in [3.8, 4) is 0 Å². The average molecular weight is 307 g/mol. The van der Waals surface area contributed by atoms with Crippen molar-refractivity contribution in [3.63, 3.8) is 0 Å². The van der Waals surface area contributed by atoms with Crippen LogP contribution in [0, 0.1) is 17.8 Å². The summed E-state index contributed by atoms with van der Waals surface area (Å²) in [6.45, 7) is 4.59. The molecule has 114 valence electrons. The third-order valence-corrected chi connectivity index (χ3v) is 5.31. The Hall–Kier alpha value is -0.990. The van der Waals surface area contributed by atoms with Gasteiger partial charge in [-0.25, -0.2) is 0 Å². The minimum absolute atomic E-state index is 0.305. The molecule has 1 heterocycles. The summed E-state index contributed by atoms with van der Waals surface area (Å²) in [5, 5.41) is 12.2. The maximum Gasteiger partial charge on any atom is 0.152 e. The Balaban J connectivity index is 1.75. The van der Waals surface area contributed by atoms with Crippen molar-refractivity contribution < 1.29 is 9.52 Å². The third-order valence-electron chi connectivity index (χ3n) is 5.01. The van der Waals surface area contributed by atoms with E-state index in [9.17, 15) is 5.11 Å². The predicted octanol–water partition coefficient (Wildman–Crippen LogP) is 5.58. The molecule has 1 saturated carbocycles. The molecule has 1 aliphatic carbocycles. The van der Waals surface area contributed by atoms with E-state index in [2.05, 4.69) is 13.8 Å². The molecule has 2 aromatic rings. The van der Waals surface area contributed by atoms with Gasteiger partial charge >= 0.3 is 0 Å². The van der Waals surface area contributed by atoms with Crippen LogP contribution in [0.2, 0.25) is 5.02 Å². The molecule has 2 nitrogen and oxygen atoms in total. The van der Waals surface area contributed by atoms with E-state index in [0.717, 1.165) is 30.1 Å². The average Bonchev–Trinajstić information content (AvgIpc) is 2.92. The van der Waals surface area contributed by atoms with E-state index < -0.39 is 6.10 Å². The number of aliphatic hydroxyl groups is 1. The summed E-state index contributed by atoms with van der Waals surface area (Å²) in [5.74, 6) is 2.51. The first kappa shape index (κ1) is 14.9.